The molecular weight excluding hydrogens is 168 g/mol. The molecule has 1 rings (SSSR count). The number of hydrogen-bond acceptors (Lipinski definition) is 2. The van der Waals surface area contributed by atoms with Gasteiger partial charge in [0.1, 0.15) is 7.05 Å². The van der Waals surface area contributed by atoms with E-state index in [0.29, 0.717) is 0 Å². The van der Waals surface area contributed by atoms with Crippen LogP contribution in [-0.2, 0) is 12.5 Å². The van der Waals surface area contributed by atoms with Crippen molar-refractivity contribution in [3.05, 3.63) is 16.1 Å². The number of rotatable bonds is 0. The van der Waals surface area contributed by atoms with Crippen LogP contribution in [0.25, 0.3) is 0 Å². The van der Waals surface area contributed by atoms with Gasteiger partial charge in [0.2, 0.25) is 0 Å². The Morgan fingerprint density at radius 2 is 2.08 bits per heavy atom. The zero-order chi connectivity index (χ0) is 9.35. The molecule has 0 spiro atoms. The third-order valence-electron chi connectivity index (χ3n) is 1.67. The van der Waals surface area contributed by atoms with E-state index in [0.717, 1.165) is 5.01 Å². The molecule has 0 aliphatic heterocycles. The summed E-state index contributed by atoms with van der Waals surface area (Å²) in [5, 5.41) is 9.50. The third kappa shape index (κ3) is 1.64. The zero-order valence-electron chi connectivity index (χ0n) is 7.88. The van der Waals surface area contributed by atoms with E-state index in [4.69, 9.17) is 5.26 Å². The summed E-state index contributed by atoms with van der Waals surface area (Å²) in [5.41, 5.74) is 0.150. The van der Waals surface area contributed by atoms with E-state index in [1.165, 1.54) is 4.88 Å². The van der Waals surface area contributed by atoms with Gasteiger partial charge in [-0.3, -0.25) is 0 Å². The van der Waals surface area contributed by atoms with Crippen molar-refractivity contribution < 1.29 is 4.57 Å². The number of nitrogens with zero attached hydrogens (tertiary/aromatic N) is 2. The fourth-order valence-electron chi connectivity index (χ4n) is 0.885. The minimum atomic E-state index is 0.150. The molecule has 2 nitrogen and oxygen atoms in total. The van der Waals surface area contributed by atoms with Crippen molar-refractivity contribution in [2.45, 2.75) is 26.2 Å². The Bertz CT molecular complexity index is 325. The SMILES string of the molecule is C[n+]1cc(C(C)(C)C)sc1C#N. The lowest BCUT2D eigenvalue weighted by Crippen LogP contribution is -2.28. The Morgan fingerprint density at radius 3 is 2.33 bits per heavy atom. The highest BCUT2D eigenvalue weighted by Crippen LogP contribution is 2.26. The average Bonchev–Trinajstić information content (AvgIpc) is 2.29. The van der Waals surface area contributed by atoms with Crippen LogP contribution in [0.5, 0.6) is 0 Å². The number of nitriles is 1. The first-order valence-electron chi connectivity index (χ1n) is 3.85. The molecule has 0 bridgehead atoms. The van der Waals surface area contributed by atoms with Gasteiger partial charge in [-0.2, -0.15) is 9.83 Å². The van der Waals surface area contributed by atoms with Crippen molar-refractivity contribution in [2.24, 2.45) is 7.05 Å². The molecule has 1 aromatic heterocycles. The third-order valence-corrected chi connectivity index (χ3v) is 3.18. The van der Waals surface area contributed by atoms with Crippen LogP contribution in [0.2, 0.25) is 0 Å². The van der Waals surface area contributed by atoms with Gasteiger partial charge in [-0.1, -0.05) is 32.1 Å². The van der Waals surface area contributed by atoms with E-state index < -0.39 is 0 Å². The summed E-state index contributed by atoms with van der Waals surface area (Å²) in [6.07, 6.45) is 2.03. The van der Waals surface area contributed by atoms with Crippen LogP contribution < -0.4 is 4.57 Å². The quantitative estimate of drug-likeness (QED) is 0.560. The predicted molar refractivity (Wildman–Crippen MR) is 48.9 cm³/mol. The van der Waals surface area contributed by atoms with Gasteiger partial charge in [0.05, 0.1) is 4.88 Å². The lowest BCUT2D eigenvalue weighted by Gasteiger charge is -2.12. The maximum Gasteiger partial charge on any atom is 0.340 e. The Hall–Kier alpha value is -0.880. The molecule has 64 valence electrons. The molecule has 0 N–H and O–H groups in total. The van der Waals surface area contributed by atoms with E-state index in [1.54, 1.807) is 11.3 Å². The summed E-state index contributed by atoms with van der Waals surface area (Å²) in [7, 11) is 1.91. The van der Waals surface area contributed by atoms with Crippen molar-refractivity contribution >= 4 is 11.3 Å². The van der Waals surface area contributed by atoms with Crippen LogP contribution in [0.15, 0.2) is 6.20 Å². The largest absolute Gasteiger partial charge is 0.340 e. The van der Waals surface area contributed by atoms with Gasteiger partial charge in [0.15, 0.2) is 12.3 Å². The van der Waals surface area contributed by atoms with Crippen LogP contribution >= 0.6 is 11.3 Å². The lowest BCUT2D eigenvalue weighted by molar-refractivity contribution is -0.669. The van der Waals surface area contributed by atoms with E-state index >= 15 is 0 Å². The van der Waals surface area contributed by atoms with Crippen molar-refractivity contribution in [2.75, 3.05) is 0 Å². The molecule has 0 radical (unpaired) electrons. The maximum atomic E-state index is 8.74. The summed E-state index contributed by atoms with van der Waals surface area (Å²) in [6, 6.07) is 2.17. The molecule has 0 amide bonds. The molecule has 1 aromatic rings. The molecule has 0 unspecified atom stereocenters. The van der Waals surface area contributed by atoms with Gasteiger partial charge in [-0.05, 0) is 0 Å². The van der Waals surface area contributed by atoms with E-state index in [-0.39, 0.29) is 5.41 Å². The van der Waals surface area contributed by atoms with Gasteiger partial charge < -0.3 is 0 Å². The first-order valence-corrected chi connectivity index (χ1v) is 4.67. The van der Waals surface area contributed by atoms with Crippen molar-refractivity contribution in [1.29, 1.82) is 5.26 Å². The highest BCUT2D eigenvalue weighted by molar-refractivity contribution is 7.11. The Balaban J connectivity index is 3.16. The summed E-state index contributed by atoms with van der Waals surface area (Å²) < 4.78 is 1.88. The summed E-state index contributed by atoms with van der Waals surface area (Å²) >= 11 is 1.57. The van der Waals surface area contributed by atoms with Crippen LogP contribution in [0, 0.1) is 11.3 Å². The molecule has 0 saturated heterocycles. The van der Waals surface area contributed by atoms with E-state index in [9.17, 15) is 0 Å². The number of thiazole rings is 1. The Labute approximate surface area is 77.1 Å². The summed E-state index contributed by atoms with van der Waals surface area (Å²) in [4.78, 5) is 1.25. The highest BCUT2D eigenvalue weighted by Gasteiger charge is 2.22. The Kier molecular flexibility index (Phi) is 2.20. The van der Waals surface area contributed by atoms with Gasteiger partial charge >= 0.3 is 5.01 Å². The number of aromatic nitrogens is 1. The molecule has 0 aliphatic rings. The number of aryl methyl sites for hydroxylation is 1. The average molecular weight is 181 g/mol. The summed E-state index contributed by atoms with van der Waals surface area (Å²) in [6.45, 7) is 6.46. The first-order chi connectivity index (χ1) is 5.45. The van der Waals surface area contributed by atoms with Gasteiger partial charge in [-0.15, -0.1) is 0 Å². The predicted octanol–water partition coefficient (Wildman–Crippen LogP) is 1.74. The van der Waals surface area contributed by atoms with Crippen LogP contribution in [0.1, 0.15) is 30.7 Å². The van der Waals surface area contributed by atoms with Crippen LogP contribution in [0.4, 0.5) is 0 Å². The molecule has 3 heteroatoms. The number of hydrogen-bond donors (Lipinski definition) is 0. The normalized spacial score (nSPS) is 11.2. The minimum Gasteiger partial charge on any atom is -0.185 e. The van der Waals surface area contributed by atoms with Gasteiger partial charge in [0.25, 0.3) is 0 Å². The molecule has 0 fully saturated rings. The molecule has 12 heavy (non-hydrogen) atoms. The fourth-order valence-corrected chi connectivity index (χ4v) is 1.85. The molecule has 0 atom stereocenters. The van der Waals surface area contributed by atoms with Crippen LogP contribution in [0.3, 0.4) is 0 Å². The van der Waals surface area contributed by atoms with Gasteiger partial charge in [-0.25, -0.2) is 0 Å². The van der Waals surface area contributed by atoms with Crippen molar-refractivity contribution in [3.8, 4) is 6.07 Å². The molecular formula is C9H13N2S+. The highest BCUT2D eigenvalue weighted by atomic mass is 32.1. The first kappa shape index (κ1) is 9.21. The van der Waals surface area contributed by atoms with Crippen molar-refractivity contribution in [1.82, 2.24) is 0 Å². The molecule has 0 aromatic carbocycles. The summed E-state index contributed by atoms with van der Waals surface area (Å²) in [5.74, 6) is 0. The fraction of sp³-hybridized carbons (Fsp3) is 0.556. The maximum absolute atomic E-state index is 8.74. The van der Waals surface area contributed by atoms with E-state index in [1.807, 2.05) is 17.8 Å². The zero-order valence-corrected chi connectivity index (χ0v) is 8.70. The topological polar surface area (TPSA) is 27.7 Å². The van der Waals surface area contributed by atoms with E-state index in [2.05, 4.69) is 26.8 Å². The molecule has 0 aliphatic carbocycles. The molecule has 1 heterocycles. The minimum absolute atomic E-state index is 0.150. The molecule has 0 saturated carbocycles. The standard InChI is InChI=1S/C9H13N2S/c1-9(2,3)7-6-11(4)8(5-10)12-7/h6H,1-4H3/q+1. The second-order valence-electron chi connectivity index (χ2n) is 3.87. The second-order valence-corrected chi connectivity index (χ2v) is 4.90. The van der Waals surface area contributed by atoms with Crippen LogP contribution in [-0.4, -0.2) is 0 Å². The monoisotopic (exact) mass is 181 g/mol. The smallest absolute Gasteiger partial charge is 0.185 e. The van der Waals surface area contributed by atoms with Gasteiger partial charge in [0, 0.05) is 5.41 Å². The van der Waals surface area contributed by atoms with Crippen molar-refractivity contribution in [3.63, 3.8) is 0 Å². The Morgan fingerprint density at radius 1 is 1.50 bits per heavy atom. The second kappa shape index (κ2) is 2.87. The lowest BCUT2D eigenvalue weighted by atomic mass is 9.96.